The van der Waals surface area contributed by atoms with Crippen molar-refractivity contribution in [3.63, 3.8) is 0 Å². The third-order valence-corrected chi connectivity index (χ3v) is 3.37. The Hall–Kier alpha value is -2.62. The minimum atomic E-state index is -0.0449. The minimum absolute atomic E-state index is 0.0449. The molecule has 0 spiro atoms. The molecular weight excluding hydrogens is 250 g/mol. The zero-order valence-electron chi connectivity index (χ0n) is 11.0. The van der Waals surface area contributed by atoms with Gasteiger partial charge in [0, 0.05) is 30.2 Å². The average Bonchev–Trinajstić information content (AvgIpc) is 2.48. The molecule has 0 aliphatic heterocycles. The van der Waals surface area contributed by atoms with E-state index < -0.39 is 0 Å². The van der Waals surface area contributed by atoms with Crippen LogP contribution in [-0.4, -0.2) is 9.55 Å². The Morgan fingerprint density at radius 3 is 2.70 bits per heavy atom. The molecule has 0 unspecified atom stereocenters. The Kier molecular flexibility index (Phi) is 3.21. The summed E-state index contributed by atoms with van der Waals surface area (Å²) in [5.41, 5.74) is 6.90. The van der Waals surface area contributed by atoms with Crippen molar-refractivity contribution in [2.45, 2.75) is 13.0 Å². The largest absolute Gasteiger partial charge is 0.385 e. The molecule has 0 saturated heterocycles. The van der Waals surface area contributed by atoms with Crippen molar-refractivity contribution in [3.05, 3.63) is 70.8 Å². The van der Waals surface area contributed by atoms with Crippen LogP contribution in [0.2, 0.25) is 0 Å². The molecule has 3 aromatic rings. The molecule has 0 bridgehead atoms. The molecule has 100 valence electrons. The van der Waals surface area contributed by atoms with E-state index in [4.69, 9.17) is 5.73 Å². The second kappa shape index (κ2) is 5.17. The summed E-state index contributed by atoms with van der Waals surface area (Å²) in [6.45, 7) is 0.534. The first-order valence-electron chi connectivity index (χ1n) is 6.53. The van der Waals surface area contributed by atoms with E-state index >= 15 is 0 Å². The van der Waals surface area contributed by atoms with E-state index in [2.05, 4.69) is 4.98 Å². The van der Waals surface area contributed by atoms with Gasteiger partial charge in [0.1, 0.15) is 5.82 Å². The van der Waals surface area contributed by atoms with Gasteiger partial charge in [-0.2, -0.15) is 0 Å². The molecule has 20 heavy (non-hydrogen) atoms. The molecule has 4 nitrogen and oxygen atoms in total. The van der Waals surface area contributed by atoms with E-state index in [-0.39, 0.29) is 5.56 Å². The highest BCUT2D eigenvalue weighted by atomic mass is 16.1. The lowest BCUT2D eigenvalue weighted by atomic mass is 10.1. The molecule has 0 radical (unpaired) electrons. The lowest BCUT2D eigenvalue weighted by Gasteiger charge is -2.11. The highest BCUT2D eigenvalue weighted by molar-refractivity contribution is 5.83. The highest BCUT2D eigenvalue weighted by Gasteiger charge is 2.06. The molecule has 0 fully saturated rings. The second-order valence-corrected chi connectivity index (χ2v) is 4.68. The van der Waals surface area contributed by atoms with Gasteiger partial charge in [0.05, 0.1) is 0 Å². The first-order valence-corrected chi connectivity index (χ1v) is 6.53. The Bertz CT molecular complexity index is 794. The van der Waals surface area contributed by atoms with Crippen LogP contribution in [0.5, 0.6) is 0 Å². The molecule has 1 aromatic carbocycles. The van der Waals surface area contributed by atoms with Crippen molar-refractivity contribution in [2.75, 3.05) is 5.73 Å². The fourth-order valence-electron chi connectivity index (χ4n) is 2.32. The summed E-state index contributed by atoms with van der Waals surface area (Å²) in [4.78, 5) is 16.7. The van der Waals surface area contributed by atoms with Crippen LogP contribution in [0.25, 0.3) is 10.8 Å². The molecule has 0 aliphatic rings. The Morgan fingerprint density at radius 2 is 1.90 bits per heavy atom. The topological polar surface area (TPSA) is 60.9 Å². The molecule has 0 aliphatic carbocycles. The number of nitrogens with two attached hydrogens (primary N) is 1. The molecule has 0 amide bonds. The predicted octanol–water partition coefficient (Wildman–Crippen LogP) is 2.22. The maximum Gasteiger partial charge on any atom is 0.259 e. The average molecular weight is 265 g/mol. The summed E-state index contributed by atoms with van der Waals surface area (Å²) in [6, 6.07) is 15.1. The molecule has 0 saturated carbocycles. The smallest absolute Gasteiger partial charge is 0.259 e. The number of rotatable bonds is 3. The maximum absolute atomic E-state index is 12.4. The quantitative estimate of drug-likeness (QED) is 0.790. The lowest BCUT2D eigenvalue weighted by molar-refractivity contribution is 0.675. The highest BCUT2D eigenvalue weighted by Crippen LogP contribution is 2.13. The number of anilines is 1. The van der Waals surface area contributed by atoms with Crippen LogP contribution in [-0.2, 0) is 13.0 Å². The summed E-state index contributed by atoms with van der Waals surface area (Å²) < 4.78 is 1.61. The number of nitrogen functional groups attached to an aromatic ring is 1. The number of pyridine rings is 2. The lowest BCUT2D eigenvalue weighted by Crippen LogP contribution is -2.24. The molecule has 2 aromatic heterocycles. The standard InChI is InChI=1S/C16H15N3O/c17-15-11-12-5-1-2-7-14(12)16(20)19(15)10-8-13-6-3-4-9-18-13/h1-7,9,11H,8,10,17H2. The van der Waals surface area contributed by atoms with Crippen molar-refractivity contribution in [2.24, 2.45) is 0 Å². The summed E-state index contributed by atoms with van der Waals surface area (Å²) in [5, 5.41) is 1.58. The van der Waals surface area contributed by atoms with Crippen LogP contribution in [0.4, 0.5) is 5.82 Å². The number of fused-ring (bicyclic) bond motifs is 1. The monoisotopic (exact) mass is 265 g/mol. The fraction of sp³-hybridized carbons (Fsp3) is 0.125. The van der Waals surface area contributed by atoms with Crippen molar-refractivity contribution < 1.29 is 0 Å². The van der Waals surface area contributed by atoms with E-state index in [0.717, 1.165) is 11.1 Å². The number of aromatic nitrogens is 2. The Morgan fingerprint density at radius 1 is 1.10 bits per heavy atom. The first kappa shape index (κ1) is 12.4. The third-order valence-electron chi connectivity index (χ3n) is 3.37. The minimum Gasteiger partial charge on any atom is -0.385 e. The number of nitrogens with zero attached hydrogens (tertiary/aromatic N) is 2. The zero-order valence-corrected chi connectivity index (χ0v) is 11.0. The van der Waals surface area contributed by atoms with Crippen molar-refractivity contribution in [1.29, 1.82) is 0 Å². The summed E-state index contributed by atoms with van der Waals surface area (Å²) >= 11 is 0. The van der Waals surface area contributed by atoms with E-state index in [1.807, 2.05) is 48.5 Å². The van der Waals surface area contributed by atoms with Gasteiger partial charge in [-0.1, -0.05) is 24.3 Å². The molecular formula is C16H15N3O. The van der Waals surface area contributed by atoms with Gasteiger partial charge >= 0.3 is 0 Å². The number of aryl methyl sites for hydroxylation is 1. The van der Waals surface area contributed by atoms with Gasteiger partial charge in [0.2, 0.25) is 0 Å². The molecule has 0 atom stereocenters. The van der Waals surface area contributed by atoms with Crippen LogP contribution in [0.1, 0.15) is 5.69 Å². The van der Waals surface area contributed by atoms with Crippen LogP contribution in [0, 0.1) is 0 Å². The van der Waals surface area contributed by atoms with Gasteiger partial charge in [-0.25, -0.2) is 0 Å². The van der Waals surface area contributed by atoms with Gasteiger partial charge in [-0.05, 0) is 29.7 Å². The SMILES string of the molecule is Nc1cc2ccccc2c(=O)n1CCc1ccccn1. The van der Waals surface area contributed by atoms with Gasteiger partial charge in [0.25, 0.3) is 5.56 Å². The second-order valence-electron chi connectivity index (χ2n) is 4.68. The van der Waals surface area contributed by atoms with E-state index in [9.17, 15) is 4.79 Å². The maximum atomic E-state index is 12.4. The van der Waals surface area contributed by atoms with Gasteiger partial charge < -0.3 is 5.73 Å². The van der Waals surface area contributed by atoms with E-state index in [1.165, 1.54) is 0 Å². The van der Waals surface area contributed by atoms with E-state index in [0.29, 0.717) is 24.2 Å². The van der Waals surface area contributed by atoms with Gasteiger partial charge in [0.15, 0.2) is 0 Å². The van der Waals surface area contributed by atoms with Crippen LogP contribution in [0.15, 0.2) is 59.5 Å². The Labute approximate surface area is 116 Å². The number of hydrogen-bond donors (Lipinski definition) is 1. The van der Waals surface area contributed by atoms with Crippen LogP contribution < -0.4 is 11.3 Å². The summed E-state index contributed by atoms with van der Waals surface area (Å²) in [7, 11) is 0. The van der Waals surface area contributed by atoms with Crippen molar-refractivity contribution in [1.82, 2.24) is 9.55 Å². The summed E-state index contributed by atoms with van der Waals surface area (Å²) in [5.74, 6) is 0.490. The van der Waals surface area contributed by atoms with E-state index in [1.54, 1.807) is 10.8 Å². The Balaban J connectivity index is 1.97. The van der Waals surface area contributed by atoms with Crippen molar-refractivity contribution >= 4 is 16.6 Å². The van der Waals surface area contributed by atoms with Crippen LogP contribution in [0.3, 0.4) is 0 Å². The number of hydrogen-bond acceptors (Lipinski definition) is 3. The molecule has 2 N–H and O–H groups in total. The first-order chi connectivity index (χ1) is 9.75. The molecule has 4 heteroatoms. The van der Waals surface area contributed by atoms with Gasteiger partial charge in [-0.15, -0.1) is 0 Å². The van der Waals surface area contributed by atoms with Crippen molar-refractivity contribution in [3.8, 4) is 0 Å². The molecule has 3 rings (SSSR count). The third kappa shape index (κ3) is 2.28. The summed E-state index contributed by atoms with van der Waals surface area (Å²) in [6.07, 6.45) is 2.44. The van der Waals surface area contributed by atoms with Gasteiger partial charge in [-0.3, -0.25) is 14.3 Å². The normalized spacial score (nSPS) is 10.8. The molecule has 2 heterocycles. The fourth-order valence-corrected chi connectivity index (χ4v) is 2.32. The number of benzene rings is 1. The predicted molar refractivity (Wildman–Crippen MR) is 80.6 cm³/mol. The zero-order chi connectivity index (χ0) is 13.9. The van der Waals surface area contributed by atoms with Crippen LogP contribution >= 0.6 is 0 Å².